The maximum atomic E-state index is 12.9. The molecule has 0 radical (unpaired) electrons. The van der Waals surface area contributed by atoms with Crippen molar-refractivity contribution in [3.8, 4) is 0 Å². The van der Waals surface area contributed by atoms with Crippen molar-refractivity contribution in [2.24, 2.45) is 0 Å². The van der Waals surface area contributed by atoms with Crippen LogP contribution in [0.2, 0.25) is 5.02 Å². The Morgan fingerprint density at radius 2 is 1.73 bits per heavy atom. The molecule has 2 amide bonds. The predicted octanol–water partition coefficient (Wildman–Crippen LogP) is 4.54. The van der Waals surface area contributed by atoms with E-state index in [2.05, 4.69) is 5.32 Å². The molecule has 1 saturated heterocycles. The van der Waals surface area contributed by atoms with E-state index in [1.54, 1.807) is 47.4 Å². The van der Waals surface area contributed by atoms with E-state index in [1.807, 2.05) is 6.07 Å². The number of hydrogen-bond donors (Lipinski definition) is 1. The summed E-state index contributed by atoms with van der Waals surface area (Å²) in [6, 6.07) is 19.4. The molecule has 4 rings (SSSR count). The average Bonchev–Trinajstić information content (AvgIpc) is 3.26. The van der Waals surface area contributed by atoms with Crippen LogP contribution >= 0.6 is 11.6 Å². The number of halogens is 1. The highest BCUT2D eigenvalue weighted by molar-refractivity contribution is 7.92. The summed E-state index contributed by atoms with van der Waals surface area (Å²) in [5.74, 6) is -0.408. The molecule has 1 fully saturated rings. The lowest BCUT2D eigenvalue weighted by atomic mass is 10.2. The number of anilines is 3. The van der Waals surface area contributed by atoms with E-state index in [4.69, 9.17) is 11.6 Å². The van der Waals surface area contributed by atoms with E-state index in [9.17, 15) is 18.0 Å². The van der Waals surface area contributed by atoms with Crippen molar-refractivity contribution in [1.82, 2.24) is 0 Å². The van der Waals surface area contributed by atoms with Gasteiger partial charge in [0.2, 0.25) is 5.91 Å². The minimum absolute atomic E-state index is 0.0341. The van der Waals surface area contributed by atoms with Crippen LogP contribution in [0.25, 0.3) is 0 Å². The van der Waals surface area contributed by atoms with Gasteiger partial charge in [0, 0.05) is 31.3 Å². The summed E-state index contributed by atoms with van der Waals surface area (Å²) < 4.78 is 27.0. The van der Waals surface area contributed by atoms with Gasteiger partial charge in [0.05, 0.1) is 21.3 Å². The highest BCUT2D eigenvalue weighted by Gasteiger charge is 2.23. The molecule has 0 spiro atoms. The molecule has 9 heteroatoms. The second-order valence-electron chi connectivity index (χ2n) is 7.60. The Morgan fingerprint density at radius 3 is 2.36 bits per heavy atom. The SMILES string of the molecule is CN(c1ccccc1)S(=O)(=O)c1ccc(C(=O)Nc2cc(N3CCCC3=O)ccc2Cl)cc1. The molecule has 3 aromatic carbocycles. The zero-order chi connectivity index (χ0) is 23.6. The van der Waals surface area contributed by atoms with Crippen LogP contribution in [0.4, 0.5) is 17.1 Å². The van der Waals surface area contributed by atoms with Crippen molar-refractivity contribution in [2.45, 2.75) is 17.7 Å². The second kappa shape index (κ2) is 9.25. The van der Waals surface area contributed by atoms with Crippen LogP contribution in [0.3, 0.4) is 0 Å². The van der Waals surface area contributed by atoms with Crippen molar-refractivity contribution < 1.29 is 18.0 Å². The molecule has 33 heavy (non-hydrogen) atoms. The van der Waals surface area contributed by atoms with Crippen LogP contribution in [-0.2, 0) is 14.8 Å². The number of benzene rings is 3. The highest BCUT2D eigenvalue weighted by atomic mass is 35.5. The fourth-order valence-electron chi connectivity index (χ4n) is 3.61. The third-order valence-corrected chi connectivity index (χ3v) is 7.61. The number of rotatable bonds is 6. The smallest absolute Gasteiger partial charge is 0.264 e. The summed E-state index contributed by atoms with van der Waals surface area (Å²) >= 11 is 6.25. The summed E-state index contributed by atoms with van der Waals surface area (Å²) in [6.45, 7) is 0.626. The zero-order valence-electron chi connectivity index (χ0n) is 17.9. The van der Waals surface area contributed by atoms with E-state index in [-0.39, 0.29) is 16.4 Å². The van der Waals surface area contributed by atoms with Crippen LogP contribution in [0.1, 0.15) is 23.2 Å². The molecule has 0 unspecified atom stereocenters. The second-order valence-corrected chi connectivity index (χ2v) is 9.98. The topological polar surface area (TPSA) is 86.8 Å². The standard InChI is InChI=1S/C24H22ClN3O4S/c1-27(18-6-3-2-4-7-18)33(31,32)20-12-9-17(10-13-20)24(30)26-22-16-19(11-14-21(22)25)28-15-5-8-23(28)29/h2-4,6-7,9-14,16H,5,8,15H2,1H3,(H,26,30). The van der Waals surface area contributed by atoms with Crippen molar-refractivity contribution in [3.63, 3.8) is 0 Å². The average molecular weight is 484 g/mol. The number of amides is 2. The van der Waals surface area contributed by atoms with Crippen LogP contribution in [0.5, 0.6) is 0 Å². The number of carbonyl (C=O) groups is 2. The van der Waals surface area contributed by atoms with Gasteiger partial charge in [0.25, 0.3) is 15.9 Å². The van der Waals surface area contributed by atoms with Crippen molar-refractivity contribution >= 4 is 50.5 Å². The van der Waals surface area contributed by atoms with Gasteiger partial charge in [-0.1, -0.05) is 29.8 Å². The number of carbonyl (C=O) groups excluding carboxylic acids is 2. The molecule has 0 aliphatic carbocycles. The van der Waals surface area contributed by atoms with Gasteiger partial charge in [0.1, 0.15) is 0 Å². The van der Waals surface area contributed by atoms with Crippen LogP contribution in [0, 0.1) is 0 Å². The van der Waals surface area contributed by atoms with Crippen LogP contribution < -0.4 is 14.5 Å². The number of nitrogens with one attached hydrogen (secondary N) is 1. The van der Waals surface area contributed by atoms with E-state index in [0.717, 1.165) is 6.42 Å². The molecule has 1 aliphatic rings. The molecular formula is C24H22ClN3O4S. The van der Waals surface area contributed by atoms with Crippen LogP contribution in [0.15, 0.2) is 77.7 Å². The van der Waals surface area contributed by atoms with Crippen molar-refractivity contribution in [1.29, 1.82) is 0 Å². The molecule has 0 bridgehead atoms. The summed E-state index contributed by atoms with van der Waals surface area (Å²) in [5, 5.41) is 3.08. The fraction of sp³-hybridized carbons (Fsp3) is 0.167. The molecule has 1 heterocycles. The zero-order valence-corrected chi connectivity index (χ0v) is 19.4. The van der Waals surface area contributed by atoms with E-state index in [1.165, 1.54) is 35.6 Å². The maximum absolute atomic E-state index is 12.9. The van der Waals surface area contributed by atoms with Gasteiger partial charge < -0.3 is 10.2 Å². The molecule has 1 N–H and O–H groups in total. The number of para-hydroxylation sites is 1. The number of hydrogen-bond acceptors (Lipinski definition) is 4. The monoisotopic (exact) mass is 483 g/mol. The highest BCUT2D eigenvalue weighted by Crippen LogP contribution is 2.30. The first-order chi connectivity index (χ1) is 15.8. The molecule has 1 aliphatic heterocycles. The quantitative estimate of drug-likeness (QED) is 0.557. The number of sulfonamides is 1. The first-order valence-corrected chi connectivity index (χ1v) is 12.1. The lowest BCUT2D eigenvalue weighted by molar-refractivity contribution is -0.117. The Labute approximate surface area is 197 Å². The van der Waals surface area contributed by atoms with Crippen molar-refractivity contribution in [2.75, 3.05) is 28.1 Å². The van der Waals surface area contributed by atoms with Crippen LogP contribution in [-0.4, -0.2) is 33.8 Å². The van der Waals surface area contributed by atoms with Gasteiger partial charge >= 0.3 is 0 Å². The Morgan fingerprint density at radius 1 is 1.03 bits per heavy atom. The predicted molar refractivity (Wildman–Crippen MR) is 129 cm³/mol. The van der Waals surface area contributed by atoms with Gasteiger partial charge in [-0.3, -0.25) is 13.9 Å². The Hall–Kier alpha value is -3.36. The Kier molecular flexibility index (Phi) is 6.40. The first-order valence-electron chi connectivity index (χ1n) is 10.3. The normalized spacial score (nSPS) is 13.8. The lowest BCUT2D eigenvalue weighted by Gasteiger charge is -2.19. The lowest BCUT2D eigenvalue weighted by Crippen LogP contribution is -2.26. The number of nitrogens with zero attached hydrogens (tertiary/aromatic N) is 2. The van der Waals surface area contributed by atoms with Gasteiger partial charge in [-0.15, -0.1) is 0 Å². The van der Waals surface area contributed by atoms with Gasteiger partial charge in [-0.25, -0.2) is 8.42 Å². The Bertz CT molecular complexity index is 1300. The van der Waals surface area contributed by atoms with E-state index < -0.39 is 15.9 Å². The van der Waals surface area contributed by atoms with Gasteiger partial charge in [-0.05, 0) is 61.0 Å². The molecule has 170 valence electrons. The minimum atomic E-state index is -3.78. The van der Waals surface area contributed by atoms with Gasteiger partial charge in [-0.2, -0.15) is 0 Å². The largest absolute Gasteiger partial charge is 0.321 e. The fourth-order valence-corrected chi connectivity index (χ4v) is 4.97. The van der Waals surface area contributed by atoms with Gasteiger partial charge in [0.15, 0.2) is 0 Å². The molecule has 3 aromatic rings. The Balaban J connectivity index is 1.52. The third-order valence-electron chi connectivity index (χ3n) is 5.48. The minimum Gasteiger partial charge on any atom is -0.321 e. The molecule has 0 atom stereocenters. The first kappa shape index (κ1) is 22.8. The van der Waals surface area contributed by atoms with E-state index >= 15 is 0 Å². The molecule has 0 saturated carbocycles. The summed E-state index contributed by atoms with van der Waals surface area (Å²) in [6.07, 6.45) is 1.29. The summed E-state index contributed by atoms with van der Waals surface area (Å²) in [7, 11) is -2.30. The summed E-state index contributed by atoms with van der Waals surface area (Å²) in [4.78, 5) is 26.5. The van der Waals surface area contributed by atoms with E-state index in [0.29, 0.717) is 35.1 Å². The molecular weight excluding hydrogens is 462 g/mol. The maximum Gasteiger partial charge on any atom is 0.264 e. The summed E-state index contributed by atoms with van der Waals surface area (Å²) in [5.41, 5.74) is 1.85. The molecule has 7 nitrogen and oxygen atoms in total. The third kappa shape index (κ3) is 4.72. The molecule has 0 aromatic heterocycles. The van der Waals surface area contributed by atoms with Crippen molar-refractivity contribution in [3.05, 3.63) is 83.4 Å².